The molecule has 0 amide bonds. The second-order valence-corrected chi connectivity index (χ2v) is 8.41. The number of aliphatic hydroxyl groups excluding tert-OH is 1. The quantitative estimate of drug-likeness (QED) is 0.390. The van der Waals surface area contributed by atoms with Gasteiger partial charge in [-0.3, -0.25) is 14.4 Å². The highest BCUT2D eigenvalue weighted by Crippen LogP contribution is 2.27. The summed E-state index contributed by atoms with van der Waals surface area (Å²) in [6, 6.07) is 0. The molecule has 1 aliphatic heterocycles. The van der Waals surface area contributed by atoms with Crippen LogP contribution in [0.25, 0.3) is 0 Å². The Morgan fingerprint density at radius 2 is 1.45 bits per heavy atom. The third kappa shape index (κ3) is 9.56. The molecule has 0 unspecified atom stereocenters. The van der Waals surface area contributed by atoms with E-state index in [-0.39, 0.29) is 37.7 Å². The van der Waals surface area contributed by atoms with Crippen LogP contribution in [-0.2, 0) is 33.3 Å². The number of ether oxygens (including phenoxy) is 4. The standard InChI is InChI=1S/C20H35NO8/c1-12(2)9-16(23)28-18-14(11-26-15(22)7-8-21(5)6)27-20(25)19(18)29-17(24)10-13(3)4/h12-14,18-20,25H,7-11H2,1-6H3/t14-,18-,19-,20-/m1/s1. The molecule has 1 saturated heterocycles. The first-order valence-corrected chi connectivity index (χ1v) is 10.0. The molecule has 0 radical (unpaired) electrons. The van der Waals surface area contributed by atoms with E-state index in [0.717, 1.165) is 0 Å². The first kappa shape index (κ1) is 25.3. The number of esters is 3. The van der Waals surface area contributed by atoms with E-state index >= 15 is 0 Å². The van der Waals surface area contributed by atoms with Crippen molar-refractivity contribution in [1.82, 2.24) is 4.90 Å². The van der Waals surface area contributed by atoms with Crippen molar-refractivity contribution in [3.05, 3.63) is 0 Å². The molecule has 9 heteroatoms. The van der Waals surface area contributed by atoms with Gasteiger partial charge in [-0.15, -0.1) is 0 Å². The Balaban J connectivity index is 2.79. The van der Waals surface area contributed by atoms with Crippen molar-refractivity contribution in [3.63, 3.8) is 0 Å². The van der Waals surface area contributed by atoms with Crippen LogP contribution >= 0.6 is 0 Å². The first-order chi connectivity index (χ1) is 13.5. The maximum Gasteiger partial charge on any atom is 0.307 e. The Bertz CT molecular complexity index is 549. The van der Waals surface area contributed by atoms with E-state index in [4.69, 9.17) is 18.9 Å². The van der Waals surface area contributed by atoms with Gasteiger partial charge in [0.25, 0.3) is 0 Å². The normalized spacial score (nSPS) is 24.2. The average molecular weight is 417 g/mol. The lowest BCUT2D eigenvalue weighted by molar-refractivity contribution is -0.178. The predicted molar refractivity (Wildman–Crippen MR) is 104 cm³/mol. The predicted octanol–water partition coefficient (Wildman–Crippen LogP) is 1.11. The van der Waals surface area contributed by atoms with E-state index in [2.05, 4.69) is 0 Å². The highest BCUT2D eigenvalue weighted by atomic mass is 16.7. The number of nitrogens with zero attached hydrogens (tertiary/aromatic N) is 1. The van der Waals surface area contributed by atoms with Crippen LogP contribution in [0.5, 0.6) is 0 Å². The molecular weight excluding hydrogens is 382 g/mol. The van der Waals surface area contributed by atoms with Gasteiger partial charge in [0.1, 0.15) is 12.7 Å². The lowest BCUT2D eigenvalue weighted by Gasteiger charge is -2.24. The molecular formula is C20H35NO8. The zero-order valence-corrected chi connectivity index (χ0v) is 18.3. The summed E-state index contributed by atoms with van der Waals surface area (Å²) in [5.74, 6) is -1.33. The van der Waals surface area contributed by atoms with Crippen molar-refractivity contribution in [3.8, 4) is 0 Å². The lowest BCUT2D eigenvalue weighted by Crippen LogP contribution is -2.42. The Kier molecular flexibility index (Phi) is 10.6. The molecule has 29 heavy (non-hydrogen) atoms. The van der Waals surface area contributed by atoms with Gasteiger partial charge in [0.15, 0.2) is 18.5 Å². The largest absolute Gasteiger partial charge is 0.463 e. The van der Waals surface area contributed by atoms with E-state index in [1.54, 1.807) is 0 Å². The van der Waals surface area contributed by atoms with Gasteiger partial charge in [0, 0.05) is 19.4 Å². The molecule has 0 spiro atoms. The smallest absolute Gasteiger partial charge is 0.307 e. The number of aliphatic hydroxyl groups is 1. The molecule has 0 saturated carbocycles. The summed E-state index contributed by atoms with van der Waals surface area (Å²) < 4.78 is 21.4. The third-order valence-corrected chi connectivity index (χ3v) is 4.14. The van der Waals surface area contributed by atoms with E-state index < -0.39 is 42.5 Å². The topological polar surface area (TPSA) is 112 Å². The molecule has 1 aliphatic rings. The third-order valence-electron chi connectivity index (χ3n) is 4.14. The summed E-state index contributed by atoms with van der Waals surface area (Å²) in [5, 5.41) is 10.2. The van der Waals surface area contributed by atoms with Crippen LogP contribution in [0, 0.1) is 11.8 Å². The maximum atomic E-state index is 12.2. The highest BCUT2D eigenvalue weighted by Gasteiger charge is 2.49. The second kappa shape index (κ2) is 12.1. The Morgan fingerprint density at radius 1 is 0.931 bits per heavy atom. The minimum absolute atomic E-state index is 0.0670. The van der Waals surface area contributed by atoms with Gasteiger partial charge in [0.2, 0.25) is 0 Å². The number of rotatable bonds is 11. The van der Waals surface area contributed by atoms with Gasteiger partial charge in [-0.2, -0.15) is 0 Å². The maximum absolute atomic E-state index is 12.2. The first-order valence-electron chi connectivity index (χ1n) is 10.0. The summed E-state index contributed by atoms with van der Waals surface area (Å²) in [6.07, 6.45) is -4.15. The Labute approximate surface area is 172 Å². The van der Waals surface area contributed by atoms with E-state index in [0.29, 0.717) is 6.54 Å². The van der Waals surface area contributed by atoms with Gasteiger partial charge < -0.3 is 29.0 Å². The van der Waals surface area contributed by atoms with E-state index in [1.165, 1.54) is 0 Å². The monoisotopic (exact) mass is 417 g/mol. The summed E-state index contributed by atoms with van der Waals surface area (Å²) >= 11 is 0. The number of hydrogen-bond acceptors (Lipinski definition) is 9. The molecule has 0 aromatic rings. The minimum atomic E-state index is -1.48. The second-order valence-electron chi connectivity index (χ2n) is 8.41. The van der Waals surface area contributed by atoms with Crippen LogP contribution in [0.2, 0.25) is 0 Å². The lowest BCUT2D eigenvalue weighted by atomic mass is 10.1. The van der Waals surface area contributed by atoms with Gasteiger partial charge in [-0.1, -0.05) is 27.7 Å². The summed E-state index contributed by atoms with van der Waals surface area (Å²) in [4.78, 5) is 38.0. The van der Waals surface area contributed by atoms with Gasteiger partial charge in [0.05, 0.1) is 6.42 Å². The number of carbonyl (C=O) groups excluding carboxylic acids is 3. The Morgan fingerprint density at radius 3 is 1.93 bits per heavy atom. The van der Waals surface area contributed by atoms with Crippen LogP contribution in [0.3, 0.4) is 0 Å². The number of hydrogen-bond donors (Lipinski definition) is 1. The molecule has 9 nitrogen and oxygen atoms in total. The molecule has 0 aromatic heterocycles. The summed E-state index contributed by atoms with van der Waals surface area (Å²) in [5.41, 5.74) is 0. The molecule has 1 heterocycles. The summed E-state index contributed by atoms with van der Waals surface area (Å²) in [7, 11) is 3.67. The average Bonchev–Trinajstić information content (AvgIpc) is 2.85. The van der Waals surface area contributed by atoms with Crippen LogP contribution < -0.4 is 0 Å². The fraction of sp³-hybridized carbons (Fsp3) is 0.850. The van der Waals surface area contributed by atoms with Gasteiger partial charge >= 0.3 is 17.9 Å². The van der Waals surface area contributed by atoms with Crippen LogP contribution in [-0.4, -0.2) is 79.8 Å². The van der Waals surface area contributed by atoms with Crippen molar-refractivity contribution >= 4 is 17.9 Å². The van der Waals surface area contributed by atoms with Crippen LogP contribution in [0.1, 0.15) is 47.0 Å². The fourth-order valence-electron chi connectivity index (χ4n) is 2.74. The van der Waals surface area contributed by atoms with Crippen LogP contribution in [0.4, 0.5) is 0 Å². The fourth-order valence-corrected chi connectivity index (χ4v) is 2.74. The van der Waals surface area contributed by atoms with Crippen molar-refractivity contribution in [2.24, 2.45) is 11.8 Å². The van der Waals surface area contributed by atoms with Crippen molar-refractivity contribution in [2.45, 2.75) is 71.6 Å². The van der Waals surface area contributed by atoms with Gasteiger partial charge in [-0.05, 0) is 25.9 Å². The molecule has 1 fully saturated rings. The number of carbonyl (C=O) groups is 3. The van der Waals surface area contributed by atoms with Crippen molar-refractivity contribution in [1.29, 1.82) is 0 Å². The molecule has 0 bridgehead atoms. The SMILES string of the molecule is CC(C)CC(=O)O[C@@H]1[C@H](OC(=O)CC(C)C)[C@@H](COC(=O)CCN(C)C)O[C@H]1O. The zero-order chi connectivity index (χ0) is 22.1. The minimum Gasteiger partial charge on any atom is -0.463 e. The van der Waals surface area contributed by atoms with E-state index in [1.807, 2.05) is 46.7 Å². The summed E-state index contributed by atoms with van der Waals surface area (Å²) in [6.45, 7) is 7.76. The van der Waals surface area contributed by atoms with Crippen molar-refractivity contribution in [2.75, 3.05) is 27.2 Å². The highest BCUT2D eigenvalue weighted by molar-refractivity contribution is 5.71. The van der Waals surface area contributed by atoms with E-state index in [9.17, 15) is 19.5 Å². The molecule has 0 aromatic carbocycles. The molecule has 1 N–H and O–H groups in total. The molecule has 1 rings (SSSR count). The molecule has 0 aliphatic carbocycles. The van der Waals surface area contributed by atoms with Crippen LogP contribution in [0.15, 0.2) is 0 Å². The van der Waals surface area contributed by atoms with Gasteiger partial charge in [-0.25, -0.2) is 0 Å². The molecule has 4 atom stereocenters. The zero-order valence-electron chi connectivity index (χ0n) is 18.3. The molecule has 168 valence electrons. The van der Waals surface area contributed by atoms with Crippen molar-refractivity contribution < 1.29 is 38.4 Å². The Hall–Kier alpha value is -1.71.